The average Bonchev–Trinajstić information content (AvgIpc) is 2.34. The Balaban J connectivity index is 2.53. The van der Waals surface area contributed by atoms with E-state index in [2.05, 4.69) is 10.1 Å². The van der Waals surface area contributed by atoms with Crippen LogP contribution in [0.3, 0.4) is 0 Å². The summed E-state index contributed by atoms with van der Waals surface area (Å²) < 4.78 is 65.9. The van der Waals surface area contributed by atoms with Crippen LogP contribution in [0.1, 0.15) is 12.5 Å². The monoisotopic (exact) mass is 327 g/mol. The van der Waals surface area contributed by atoms with Gasteiger partial charge in [0.15, 0.2) is 0 Å². The molecule has 2 N–H and O–H groups in total. The number of alkyl halides is 3. The summed E-state index contributed by atoms with van der Waals surface area (Å²) in [4.78, 5) is 11.3. The fourth-order valence-corrected chi connectivity index (χ4v) is 1.60. The van der Waals surface area contributed by atoms with Crippen LogP contribution in [0.2, 0.25) is 0 Å². The first-order valence-electron chi connectivity index (χ1n) is 6.10. The van der Waals surface area contributed by atoms with E-state index in [9.17, 15) is 31.9 Å². The minimum absolute atomic E-state index is 0.259. The SMILES string of the molecule is CC(O)(CNC(=O)COCC(F)(F)F)c1ccc(F)cc1F. The summed E-state index contributed by atoms with van der Waals surface area (Å²) in [6, 6.07) is 2.51. The molecule has 1 aromatic rings. The molecule has 0 heterocycles. The van der Waals surface area contributed by atoms with Crippen LogP contribution in [-0.4, -0.2) is 36.9 Å². The maximum absolute atomic E-state index is 13.5. The molecule has 1 rings (SSSR count). The zero-order chi connectivity index (χ0) is 17.0. The number of hydrogen-bond donors (Lipinski definition) is 2. The summed E-state index contributed by atoms with van der Waals surface area (Å²) in [6.45, 7) is -1.76. The van der Waals surface area contributed by atoms with E-state index in [4.69, 9.17) is 0 Å². The number of benzene rings is 1. The lowest BCUT2D eigenvalue weighted by molar-refractivity contribution is -0.175. The Morgan fingerprint density at radius 3 is 2.50 bits per heavy atom. The molecule has 0 aliphatic rings. The van der Waals surface area contributed by atoms with Gasteiger partial charge in [-0.05, 0) is 13.0 Å². The van der Waals surface area contributed by atoms with Gasteiger partial charge in [0, 0.05) is 11.6 Å². The molecule has 0 fully saturated rings. The number of halogens is 5. The topological polar surface area (TPSA) is 58.6 Å². The smallest absolute Gasteiger partial charge is 0.383 e. The van der Waals surface area contributed by atoms with Crippen molar-refractivity contribution in [2.75, 3.05) is 19.8 Å². The van der Waals surface area contributed by atoms with Crippen LogP contribution in [0.25, 0.3) is 0 Å². The summed E-state index contributed by atoms with van der Waals surface area (Å²) in [7, 11) is 0. The van der Waals surface area contributed by atoms with Crippen LogP contribution < -0.4 is 5.32 Å². The van der Waals surface area contributed by atoms with Gasteiger partial charge in [-0.1, -0.05) is 6.07 Å². The number of carbonyl (C=O) groups is 1. The van der Waals surface area contributed by atoms with Gasteiger partial charge in [-0.15, -0.1) is 0 Å². The highest BCUT2D eigenvalue weighted by atomic mass is 19.4. The Labute approximate surface area is 122 Å². The Morgan fingerprint density at radius 2 is 1.95 bits per heavy atom. The van der Waals surface area contributed by atoms with E-state index >= 15 is 0 Å². The summed E-state index contributed by atoms with van der Waals surface area (Å²) in [6.07, 6.45) is -4.55. The van der Waals surface area contributed by atoms with E-state index in [0.29, 0.717) is 6.07 Å². The summed E-state index contributed by atoms with van der Waals surface area (Å²) >= 11 is 0. The van der Waals surface area contributed by atoms with Crippen LogP contribution in [0, 0.1) is 11.6 Å². The molecule has 1 amide bonds. The molecule has 22 heavy (non-hydrogen) atoms. The van der Waals surface area contributed by atoms with Gasteiger partial charge in [0.2, 0.25) is 5.91 Å². The molecular formula is C13H14F5NO3. The number of carbonyl (C=O) groups excluding carboxylic acids is 1. The lowest BCUT2D eigenvalue weighted by atomic mass is 9.95. The van der Waals surface area contributed by atoms with Crippen LogP contribution in [0.5, 0.6) is 0 Å². The van der Waals surface area contributed by atoms with E-state index in [1.165, 1.54) is 6.92 Å². The third-order valence-corrected chi connectivity index (χ3v) is 2.64. The Bertz CT molecular complexity index is 531. The molecule has 0 aliphatic heterocycles. The van der Waals surface area contributed by atoms with Gasteiger partial charge in [-0.25, -0.2) is 8.78 Å². The lowest BCUT2D eigenvalue weighted by Crippen LogP contribution is -2.41. The molecule has 0 saturated carbocycles. The van der Waals surface area contributed by atoms with E-state index in [1.807, 2.05) is 0 Å². The third kappa shape index (κ3) is 5.94. The minimum Gasteiger partial charge on any atom is -0.383 e. The molecule has 4 nitrogen and oxygen atoms in total. The van der Waals surface area contributed by atoms with Crippen molar-refractivity contribution >= 4 is 5.91 Å². The predicted molar refractivity (Wildman–Crippen MR) is 65.8 cm³/mol. The van der Waals surface area contributed by atoms with E-state index in [1.54, 1.807) is 0 Å². The molecular weight excluding hydrogens is 313 g/mol. The molecule has 9 heteroatoms. The summed E-state index contributed by atoms with van der Waals surface area (Å²) in [5, 5.41) is 12.2. The van der Waals surface area contributed by atoms with E-state index < -0.39 is 49.1 Å². The fraction of sp³-hybridized carbons (Fsp3) is 0.462. The average molecular weight is 327 g/mol. The number of rotatable bonds is 6. The van der Waals surface area contributed by atoms with Crippen molar-refractivity contribution in [3.63, 3.8) is 0 Å². The molecule has 124 valence electrons. The molecule has 1 atom stereocenters. The maximum Gasteiger partial charge on any atom is 0.411 e. The highest BCUT2D eigenvalue weighted by molar-refractivity contribution is 5.77. The van der Waals surface area contributed by atoms with E-state index in [-0.39, 0.29) is 5.56 Å². The number of aliphatic hydroxyl groups is 1. The first kappa shape index (κ1) is 18.3. The van der Waals surface area contributed by atoms with E-state index in [0.717, 1.165) is 12.1 Å². The Kier molecular flexibility index (Phi) is 5.84. The standard InChI is InChI=1S/C13H14F5NO3/c1-12(21,9-3-2-8(14)4-10(9)15)6-19-11(20)5-22-7-13(16,17)18/h2-4,21H,5-7H2,1H3,(H,19,20). The maximum atomic E-state index is 13.5. The first-order chi connectivity index (χ1) is 10.0. The van der Waals surface area contributed by atoms with Gasteiger partial charge in [-0.2, -0.15) is 13.2 Å². The van der Waals surface area contributed by atoms with Gasteiger partial charge in [0.05, 0.1) is 6.54 Å². The van der Waals surface area contributed by atoms with Crippen molar-refractivity contribution in [2.45, 2.75) is 18.7 Å². The number of hydrogen-bond acceptors (Lipinski definition) is 3. The van der Waals surface area contributed by atoms with Gasteiger partial charge in [0.1, 0.15) is 30.4 Å². The summed E-state index contributed by atoms with van der Waals surface area (Å²) in [5.41, 5.74) is -2.12. The van der Waals surface area contributed by atoms with Crippen molar-refractivity contribution in [1.82, 2.24) is 5.32 Å². The van der Waals surface area contributed by atoms with Crippen molar-refractivity contribution in [1.29, 1.82) is 0 Å². The van der Waals surface area contributed by atoms with Crippen molar-refractivity contribution < 1.29 is 36.6 Å². The van der Waals surface area contributed by atoms with Crippen LogP contribution >= 0.6 is 0 Å². The Morgan fingerprint density at radius 1 is 1.32 bits per heavy atom. The van der Waals surface area contributed by atoms with Crippen LogP contribution in [-0.2, 0) is 15.1 Å². The first-order valence-corrected chi connectivity index (χ1v) is 6.10. The molecule has 0 radical (unpaired) electrons. The minimum atomic E-state index is -4.55. The zero-order valence-electron chi connectivity index (χ0n) is 11.5. The largest absolute Gasteiger partial charge is 0.411 e. The molecule has 0 aliphatic carbocycles. The normalized spacial score (nSPS) is 14.5. The molecule has 0 aromatic heterocycles. The highest BCUT2D eigenvalue weighted by Crippen LogP contribution is 2.23. The molecule has 1 aromatic carbocycles. The van der Waals surface area contributed by atoms with Crippen LogP contribution in [0.15, 0.2) is 18.2 Å². The van der Waals surface area contributed by atoms with Gasteiger partial charge in [-0.3, -0.25) is 4.79 Å². The second-order valence-electron chi connectivity index (χ2n) is 4.78. The van der Waals surface area contributed by atoms with Gasteiger partial charge in [0.25, 0.3) is 0 Å². The highest BCUT2D eigenvalue weighted by Gasteiger charge is 2.29. The van der Waals surface area contributed by atoms with Crippen molar-refractivity contribution in [2.24, 2.45) is 0 Å². The van der Waals surface area contributed by atoms with Crippen LogP contribution in [0.4, 0.5) is 22.0 Å². The second-order valence-corrected chi connectivity index (χ2v) is 4.78. The number of amides is 1. The van der Waals surface area contributed by atoms with Crippen molar-refractivity contribution in [3.8, 4) is 0 Å². The zero-order valence-corrected chi connectivity index (χ0v) is 11.5. The molecule has 0 spiro atoms. The summed E-state index contributed by atoms with van der Waals surface area (Å²) in [5.74, 6) is -2.75. The number of nitrogens with one attached hydrogen (secondary N) is 1. The molecule has 0 saturated heterocycles. The lowest BCUT2D eigenvalue weighted by Gasteiger charge is -2.24. The number of ether oxygens (including phenoxy) is 1. The predicted octanol–water partition coefficient (Wildman–Crippen LogP) is 1.87. The molecule has 1 unspecified atom stereocenters. The third-order valence-electron chi connectivity index (χ3n) is 2.64. The fourth-order valence-electron chi connectivity index (χ4n) is 1.60. The van der Waals surface area contributed by atoms with Crippen molar-refractivity contribution in [3.05, 3.63) is 35.4 Å². The quantitative estimate of drug-likeness (QED) is 0.784. The molecule has 0 bridgehead atoms. The van der Waals surface area contributed by atoms with Gasteiger partial charge < -0.3 is 15.2 Å². The van der Waals surface area contributed by atoms with Gasteiger partial charge >= 0.3 is 6.18 Å². The second kappa shape index (κ2) is 7.01. The Hall–Kier alpha value is -1.74.